The van der Waals surface area contributed by atoms with Gasteiger partial charge >= 0.3 is 0 Å². The number of hydrogen-bond donors (Lipinski definition) is 4. The van der Waals surface area contributed by atoms with Crippen LogP contribution >= 0.6 is 0 Å². The summed E-state index contributed by atoms with van der Waals surface area (Å²) >= 11 is 0. The highest BCUT2D eigenvalue weighted by Crippen LogP contribution is 2.18. The van der Waals surface area contributed by atoms with Crippen LogP contribution in [0.4, 0.5) is 5.69 Å². The third kappa shape index (κ3) is 5.56. The Balaban J connectivity index is 2.15. The molecule has 0 aliphatic rings. The summed E-state index contributed by atoms with van der Waals surface area (Å²) in [4.78, 5) is 23.6. The predicted octanol–water partition coefficient (Wildman–Crippen LogP) is 2.38. The van der Waals surface area contributed by atoms with Crippen LogP contribution < -0.4 is 10.8 Å². The summed E-state index contributed by atoms with van der Waals surface area (Å²) in [6, 6.07) is 14.3. The van der Waals surface area contributed by atoms with Gasteiger partial charge in [-0.15, -0.1) is 0 Å². The van der Waals surface area contributed by atoms with E-state index in [1.54, 1.807) is 42.5 Å². The molecule has 0 unspecified atom stereocenters. The van der Waals surface area contributed by atoms with E-state index in [1.807, 2.05) is 6.07 Å². The molecule has 0 saturated carbocycles. The Kier molecular flexibility index (Phi) is 6.88. The third-order valence-electron chi connectivity index (χ3n) is 3.55. The summed E-state index contributed by atoms with van der Waals surface area (Å²) in [5.41, 5.74) is 4.20. The molecule has 0 radical (unpaired) electrons. The third-order valence-corrected chi connectivity index (χ3v) is 3.55. The van der Waals surface area contributed by atoms with Crippen LogP contribution in [0.5, 0.6) is 0 Å². The maximum absolute atomic E-state index is 12.5. The first-order valence-electron chi connectivity index (χ1n) is 7.86. The van der Waals surface area contributed by atoms with Gasteiger partial charge in [-0.2, -0.15) is 0 Å². The first-order valence-corrected chi connectivity index (χ1v) is 7.86. The molecule has 0 aliphatic heterocycles. The normalized spacial score (nSPS) is 10.6. The van der Waals surface area contributed by atoms with Crippen LogP contribution in [0.2, 0.25) is 0 Å². The smallest absolute Gasteiger partial charge is 0.267 e. The van der Waals surface area contributed by atoms with Gasteiger partial charge in [-0.3, -0.25) is 14.8 Å². The van der Waals surface area contributed by atoms with Gasteiger partial charge in [0.15, 0.2) is 0 Å². The van der Waals surface area contributed by atoms with E-state index in [4.69, 9.17) is 10.3 Å². The molecule has 0 bridgehead atoms. The quantitative estimate of drug-likeness (QED) is 0.353. The van der Waals surface area contributed by atoms with E-state index in [9.17, 15) is 9.59 Å². The lowest BCUT2D eigenvalue weighted by Crippen LogP contribution is -2.15. The van der Waals surface area contributed by atoms with Crippen molar-refractivity contribution in [3.63, 3.8) is 0 Å². The van der Waals surface area contributed by atoms with Crippen molar-refractivity contribution < 1.29 is 19.9 Å². The molecule has 0 heterocycles. The molecule has 0 aromatic heterocycles. The molecule has 0 fully saturated rings. The number of para-hydroxylation sites is 1. The van der Waals surface area contributed by atoms with Gasteiger partial charge in [-0.1, -0.05) is 30.3 Å². The number of aliphatic hydroxyl groups excluding tert-OH is 1. The minimum Gasteiger partial charge on any atom is -0.396 e. The second-order valence-electron chi connectivity index (χ2n) is 5.38. The van der Waals surface area contributed by atoms with E-state index in [2.05, 4.69) is 5.32 Å². The van der Waals surface area contributed by atoms with Crippen LogP contribution in [0.15, 0.2) is 54.6 Å². The molecule has 0 aliphatic carbocycles. The van der Waals surface area contributed by atoms with Crippen molar-refractivity contribution in [3.8, 4) is 0 Å². The van der Waals surface area contributed by atoms with Crippen LogP contribution in [0.1, 0.15) is 27.9 Å². The molecular weight excluding hydrogens is 320 g/mol. The maximum Gasteiger partial charge on any atom is 0.267 e. The number of rotatable bonds is 7. The number of aliphatic hydroxyl groups is 1. The highest BCUT2D eigenvalue weighted by Gasteiger charge is 2.09. The van der Waals surface area contributed by atoms with Crippen molar-refractivity contribution in [2.24, 2.45) is 0 Å². The molecule has 2 amide bonds. The summed E-state index contributed by atoms with van der Waals surface area (Å²) in [5.74, 6) is -0.920. The lowest BCUT2D eigenvalue weighted by molar-refractivity contribution is -0.124. The number of carbonyl (C=O) groups is 2. The highest BCUT2D eigenvalue weighted by atomic mass is 16.5. The van der Waals surface area contributed by atoms with Gasteiger partial charge in [0.25, 0.3) is 11.8 Å². The molecule has 4 N–H and O–H groups in total. The van der Waals surface area contributed by atoms with Crippen molar-refractivity contribution in [2.45, 2.75) is 12.8 Å². The molecule has 2 aromatic carbocycles. The number of nitrogens with one attached hydrogen (secondary N) is 2. The largest absolute Gasteiger partial charge is 0.396 e. The number of hydrogen-bond acceptors (Lipinski definition) is 4. The summed E-state index contributed by atoms with van der Waals surface area (Å²) < 4.78 is 0. The number of benzene rings is 2. The molecule has 0 atom stereocenters. The monoisotopic (exact) mass is 340 g/mol. The summed E-state index contributed by atoms with van der Waals surface area (Å²) in [5, 5.41) is 20.3. The van der Waals surface area contributed by atoms with Gasteiger partial charge in [-0.05, 0) is 48.2 Å². The number of anilines is 1. The van der Waals surface area contributed by atoms with Crippen molar-refractivity contribution >= 4 is 23.6 Å². The summed E-state index contributed by atoms with van der Waals surface area (Å²) in [6.45, 7) is 0.109. The van der Waals surface area contributed by atoms with Gasteiger partial charge in [0.05, 0.1) is 0 Å². The first kappa shape index (κ1) is 18.4. The van der Waals surface area contributed by atoms with Crippen LogP contribution in [-0.2, 0) is 11.2 Å². The van der Waals surface area contributed by atoms with Crippen molar-refractivity contribution in [1.29, 1.82) is 0 Å². The van der Waals surface area contributed by atoms with E-state index in [0.717, 1.165) is 5.56 Å². The van der Waals surface area contributed by atoms with Gasteiger partial charge in [-0.25, -0.2) is 5.48 Å². The molecule has 6 heteroatoms. The molecular formula is C19H20N2O4. The topological polar surface area (TPSA) is 98.7 Å². The molecule has 2 aromatic rings. The molecule has 6 nitrogen and oxygen atoms in total. The van der Waals surface area contributed by atoms with Gasteiger partial charge in [0.2, 0.25) is 0 Å². The van der Waals surface area contributed by atoms with Gasteiger partial charge in [0, 0.05) is 23.9 Å². The molecule has 0 saturated heterocycles. The Labute approximate surface area is 145 Å². The predicted molar refractivity (Wildman–Crippen MR) is 95.2 cm³/mol. The fraction of sp³-hybridized carbons (Fsp3) is 0.158. The van der Waals surface area contributed by atoms with Crippen LogP contribution in [0.3, 0.4) is 0 Å². The number of hydroxylamine groups is 1. The van der Waals surface area contributed by atoms with Crippen molar-refractivity contribution in [3.05, 3.63) is 71.3 Å². The SMILES string of the molecule is O=C(/C=C/c1ccccc1NC(=O)c1cccc(CCCO)c1)NO. The zero-order valence-electron chi connectivity index (χ0n) is 13.6. The highest BCUT2D eigenvalue weighted by molar-refractivity contribution is 6.05. The minimum atomic E-state index is -0.655. The van der Waals surface area contributed by atoms with E-state index in [-0.39, 0.29) is 12.5 Å². The fourth-order valence-corrected chi connectivity index (χ4v) is 2.30. The Bertz CT molecular complexity index is 772. The lowest BCUT2D eigenvalue weighted by Gasteiger charge is -2.09. The average Bonchev–Trinajstić information content (AvgIpc) is 2.65. The maximum atomic E-state index is 12.5. The van der Waals surface area contributed by atoms with E-state index in [1.165, 1.54) is 17.6 Å². The second-order valence-corrected chi connectivity index (χ2v) is 5.38. The standard InChI is InChI=1S/C19H20N2O4/c22-12-4-6-14-5-3-8-16(13-14)19(24)20-17-9-2-1-7-15(17)10-11-18(23)21-25/h1-3,5,7-11,13,22,25H,4,6,12H2,(H,20,24)(H,21,23)/b11-10+. The molecule has 0 spiro atoms. The zero-order chi connectivity index (χ0) is 18.1. The van der Waals surface area contributed by atoms with Gasteiger partial charge in [0.1, 0.15) is 0 Å². The summed E-state index contributed by atoms with van der Waals surface area (Å²) in [7, 11) is 0. The van der Waals surface area contributed by atoms with E-state index in [0.29, 0.717) is 29.7 Å². The Morgan fingerprint density at radius 1 is 1.08 bits per heavy atom. The Morgan fingerprint density at radius 3 is 2.64 bits per heavy atom. The van der Waals surface area contributed by atoms with E-state index < -0.39 is 5.91 Å². The van der Waals surface area contributed by atoms with Crippen LogP contribution in [0, 0.1) is 0 Å². The molecule has 2 rings (SSSR count). The zero-order valence-corrected chi connectivity index (χ0v) is 13.6. The number of carbonyl (C=O) groups excluding carboxylic acids is 2. The lowest BCUT2D eigenvalue weighted by atomic mass is 10.1. The Hall–Kier alpha value is -2.96. The number of aryl methyl sites for hydroxylation is 1. The van der Waals surface area contributed by atoms with Crippen LogP contribution in [0.25, 0.3) is 6.08 Å². The minimum absolute atomic E-state index is 0.109. The number of amides is 2. The van der Waals surface area contributed by atoms with Crippen LogP contribution in [-0.4, -0.2) is 28.7 Å². The second kappa shape index (κ2) is 9.36. The van der Waals surface area contributed by atoms with Crippen molar-refractivity contribution in [2.75, 3.05) is 11.9 Å². The Morgan fingerprint density at radius 2 is 1.88 bits per heavy atom. The first-order chi connectivity index (χ1) is 12.1. The van der Waals surface area contributed by atoms with Gasteiger partial charge < -0.3 is 10.4 Å². The average molecular weight is 340 g/mol. The van der Waals surface area contributed by atoms with Crippen molar-refractivity contribution in [1.82, 2.24) is 5.48 Å². The fourth-order valence-electron chi connectivity index (χ4n) is 2.30. The van der Waals surface area contributed by atoms with E-state index >= 15 is 0 Å². The summed E-state index contributed by atoms with van der Waals surface area (Å²) in [6.07, 6.45) is 4.01. The molecule has 25 heavy (non-hydrogen) atoms. The molecule has 130 valence electrons.